The van der Waals surface area contributed by atoms with E-state index in [4.69, 9.17) is 17.2 Å². The van der Waals surface area contributed by atoms with Crippen molar-refractivity contribution in [3.8, 4) is 0 Å². The summed E-state index contributed by atoms with van der Waals surface area (Å²) in [5.41, 5.74) is 17.3. The molecule has 0 spiro atoms. The largest absolute Gasteiger partial charge is 0.480 e. The number of amides is 4. The first-order valence-electron chi connectivity index (χ1n) is 14.3. The highest BCUT2D eigenvalue weighted by Gasteiger charge is 2.38. The number of carboxylic acid groups (broad SMARTS) is 1. The number of likely N-dealkylation sites (tertiary alicyclic amines) is 1. The third kappa shape index (κ3) is 11.1. The van der Waals surface area contributed by atoms with Gasteiger partial charge in [0.2, 0.25) is 23.6 Å². The topological polar surface area (TPSA) is 235 Å². The van der Waals surface area contributed by atoms with Crippen LogP contribution in [0.25, 0.3) is 0 Å². The predicted octanol–water partition coefficient (Wildman–Crippen LogP) is -1.27. The number of aliphatic carboxylic acids is 1. The van der Waals surface area contributed by atoms with E-state index in [2.05, 4.69) is 33.6 Å². The van der Waals surface area contributed by atoms with E-state index in [1.807, 2.05) is 6.07 Å². The van der Waals surface area contributed by atoms with E-state index in [9.17, 15) is 29.1 Å². The van der Waals surface area contributed by atoms with E-state index in [1.54, 1.807) is 38.1 Å². The Bertz CT molecular complexity index is 1150. The van der Waals surface area contributed by atoms with Gasteiger partial charge in [-0.05, 0) is 37.2 Å². The molecule has 2 rings (SSSR count). The summed E-state index contributed by atoms with van der Waals surface area (Å²) in [7, 11) is 0. The Morgan fingerprint density at radius 2 is 1.67 bits per heavy atom. The molecular weight excluding hydrogens is 576 g/mol. The van der Waals surface area contributed by atoms with Crippen LogP contribution in [-0.2, 0) is 30.4 Å². The SMILES string of the molecule is CC(C)[C@H](NC(=O)[C@@H](N)CCCN=C(N)N)C(=O)N[C@@H](CS)C(=O)N[C@@H](Cc1ccccc1)C(=O)N1CCC[C@H]1C(=O)O. The molecule has 10 N–H and O–H groups in total. The molecule has 5 atom stereocenters. The Morgan fingerprint density at radius 3 is 2.26 bits per heavy atom. The third-order valence-corrected chi connectivity index (χ3v) is 7.45. The van der Waals surface area contributed by atoms with Crippen LogP contribution in [0.15, 0.2) is 35.3 Å². The normalized spacial score (nSPS) is 17.3. The lowest BCUT2D eigenvalue weighted by molar-refractivity contribution is -0.149. The van der Waals surface area contributed by atoms with Crippen LogP contribution < -0.4 is 33.2 Å². The van der Waals surface area contributed by atoms with Crippen LogP contribution in [0.3, 0.4) is 0 Å². The molecule has 0 aliphatic carbocycles. The lowest BCUT2D eigenvalue weighted by atomic mass is 10.0. The number of hydrogen-bond acceptors (Lipinski definition) is 8. The minimum atomic E-state index is -1.15. The van der Waals surface area contributed by atoms with Crippen LogP contribution in [0.2, 0.25) is 0 Å². The minimum absolute atomic E-state index is 0.0615. The summed E-state index contributed by atoms with van der Waals surface area (Å²) in [6.07, 6.45) is 1.72. The van der Waals surface area contributed by atoms with Gasteiger partial charge in [0.25, 0.3) is 0 Å². The Hall–Kier alpha value is -3.85. The van der Waals surface area contributed by atoms with Gasteiger partial charge in [0.15, 0.2) is 5.96 Å². The van der Waals surface area contributed by atoms with E-state index >= 15 is 0 Å². The first-order valence-corrected chi connectivity index (χ1v) is 14.9. The van der Waals surface area contributed by atoms with Crippen molar-refractivity contribution in [1.29, 1.82) is 0 Å². The molecule has 238 valence electrons. The zero-order valence-corrected chi connectivity index (χ0v) is 25.5. The summed E-state index contributed by atoms with van der Waals surface area (Å²) in [5.74, 6) is -3.98. The van der Waals surface area contributed by atoms with Gasteiger partial charge in [-0.1, -0.05) is 44.2 Å². The van der Waals surface area contributed by atoms with Crippen LogP contribution in [0.4, 0.5) is 0 Å². The highest BCUT2D eigenvalue weighted by atomic mass is 32.1. The number of aliphatic imine (C=N–C) groups is 1. The van der Waals surface area contributed by atoms with Crippen molar-refractivity contribution in [3.63, 3.8) is 0 Å². The summed E-state index contributed by atoms with van der Waals surface area (Å²) >= 11 is 4.23. The molecule has 4 amide bonds. The monoisotopic (exact) mass is 620 g/mol. The quantitative estimate of drug-likeness (QED) is 0.0475. The number of guanidine groups is 1. The van der Waals surface area contributed by atoms with Gasteiger partial charge in [-0.25, -0.2) is 4.79 Å². The molecule has 1 heterocycles. The van der Waals surface area contributed by atoms with Crippen molar-refractivity contribution in [2.75, 3.05) is 18.8 Å². The van der Waals surface area contributed by atoms with E-state index in [-0.39, 0.29) is 37.0 Å². The number of rotatable bonds is 16. The summed E-state index contributed by atoms with van der Waals surface area (Å²) in [6.45, 7) is 4.02. The molecule has 0 aromatic heterocycles. The van der Waals surface area contributed by atoms with E-state index in [0.29, 0.717) is 25.8 Å². The number of carbonyl (C=O) groups is 5. The lowest BCUT2D eigenvalue weighted by Crippen LogP contribution is -2.60. The fraction of sp³-hybridized carbons (Fsp3) is 0.571. The fourth-order valence-electron chi connectivity index (χ4n) is 4.71. The second-order valence-electron chi connectivity index (χ2n) is 10.8. The van der Waals surface area contributed by atoms with Crippen molar-refractivity contribution >= 4 is 48.2 Å². The van der Waals surface area contributed by atoms with E-state index in [0.717, 1.165) is 5.56 Å². The maximum Gasteiger partial charge on any atom is 0.326 e. The molecule has 0 unspecified atom stereocenters. The number of thiol groups is 1. The molecule has 0 bridgehead atoms. The van der Waals surface area contributed by atoms with Gasteiger partial charge >= 0.3 is 5.97 Å². The van der Waals surface area contributed by atoms with Gasteiger partial charge in [-0.15, -0.1) is 0 Å². The summed E-state index contributed by atoms with van der Waals surface area (Å²) in [4.78, 5) is 69.6. The molecule has 43 heavy (non-hydrogen) atoms. The van der Waals surface area contributed by atoms with Crippen LogP contribution in [0, 0.1) is 5.92 Å². The molecule has 0 radical (unpaired) electrons. The van der Waals surface area contributed by atoms with Gasteiger partial charge in [0, 0.05) is 25.3 Å². The molecular formula is C28H44N8O6S. The summed E-state index contributed by atoms with van der Waals surface area (Å²) in [6, 6.07) is 3.88. The fourth-order valence-corrected chi connectivity index (χ4v) is 4.97. The number of hydrogen-bond donors (Lipinski definition) is 8. The second kappa shape index (κ2) is 17.3. The van der Waals surface area contributed by atoms with Crippen molar-refractivity contribution in [3.05, 3.63) is 35.9 Å². The Morgan fingerprint density at radius 1 is 1.02 bits per heavy atom. The van der Waals surface area contributed by atoms with Crippen LogP contribution in [0.1, 0.15) is 45.1 Å². The number of benzene rings is 1. The van der Waals surface area contributed by atoms with E-state index < -0.39 is 59.8 Å². The maximum atomic E-state index is 13.5. The lowest BCUT2D eigenvalue weighted by Gasteiger charge is -2.29. The summed E-state index contributed by atoms with van der Waals surface area (Å²) in [5, 5.41) is 17.5. The van der Waals surface area contributed by atoms with Gasteiger partial charge < -0.3 is 43.2 Å². The Balaban J connectivity index is 2.12. The predicted molar refractivity (Wildman–Crippen MR) is 165 cm³/mol. The zero-order valence-electron chi connectivity index (χ0n) is 24.6. The van der Waals surface area contributed by atoms with Gasteiger partial charge in [-0.2, -0.15) is 12.6 Å². The highest BCUT2D eigenvalue weighted by Crippen LogP contribution is 2.20. The maximum absolute atomic E-state index is 13.5. The number of nitrogens with zero attached hydrogens (tertiary/aromatic N) is 2. The molecule has 14 nitrogen and oxygen atoms in total. The minimum Gasteiger partial charge on any atom is -0.480 e. The van der Waals surface area contributed by atoms with Crippen molar-refractivity contribution in [1.82, 2.24) is 20.9 Å². The van der Waals surface area contributed by atoms with Crippen LogP contribution in [0.5, 0.6) is 0 Å². The smallest absolute Gasteiger partial charge is 0.326 e. The van der Waals surface area contributed by atoms with Gasteiger partial charge in [-0.3, -0.25) is 24.2 Å². The standard InChI is InChI=1S/C28H44N8O6S/c1-16(2)22(35-23(37)18(29)10-6-12-32-28(30)31)25(39)34-20(15-43)24(38)33-19(14-17-8-4-3-5-9-17)26(40)36-13-7-11-21(36)27(41)42/h3-5,8-9,16,18-22,43H,6-7,10-15,29H2,1-2H3,(H,33,38)(H,34,39)(H,35,37)(H,41,42)(H4,30,31,32)/t18-,19-,20-,21-,22-/m0/s1. The third-order valence-electron chi connectivity index (χ3n) is 7.09. The Labute approximate surface area is 257 Å². The molecule has 1 saturated heterocycles. The second-order valence-corrected chi connectivity index (χ2v) is 11.2. The molecule has 1 fully saturated rings. The molecule has 0 saturated carbocycles. The first-order chi connectivity index (χ1) is 20.3. The van der Waals surface area contributed by atoms with Gasteiger partial charge in [0.05, 0.1) is 6.04 Å². The average molecular weight is 621 g/mol. The average Bonchev–Trinajstić information content (AvgIpc) is 3.46. The molecule has 1 aliphatic heterocycles. The first kappa shape index (κ1) is 35.3. The van der Waals surface area contributed by atoms with Crippen LogP contribution >= 0.6 is 12.6 Å². The number of nitrogens with two attached hydrogens (primary N) is 3. The highest BCUT2D eigenvalue weighted by molar-refractivity contribution is 7.80. The molecule has 1 aromatic carbocycles. The number of carbonyl (C=O) groups excluding carboxylic acids is 4. The van der Waals surface area contributed by atoms with Crippen molar-refractivity contribution in [2.45, 2.75) is 76.2 Å². The molecule has 1 aliphatic rings. The summed E-state index contributed by atoms with van der Waals surface area (Å²) < 4.78 is 0. The van der Waals surface area contributed by atoms with Gasteiger partial charge in [0.1, 0.15) is 24.2 Å². The van der Waals surface area contributed by atoms with E-state index in [1.165, 1.54) is 4.90 Å². The molecule has 1 aromatic rings. The zero-order chi connectivity index (χ0) is 32.1. The number of nitrogens with one attached hydrogen (secondary N) is 3. The number of carboxylic acids is 1. The van der Waals surface area contributed by atoms with Crippen molar-refractivity contribution < 1.29 is 29.1 Å². The van der Waals surface area contributed by atoms with Crippen LogP contribution in [-0.4, -0.2) is 94.6 Å². The Kier molecular flexibility index (Phi) is 14.2. The molecule has 15 heteroatoms. The van der Waals surface area contributed by atoms with Crippen molar-refractivity contribution in [2.24, 2.45) is 28.1 Å².